The molecule has 0 fully saturated rings. The average molecular weight is 693 g/mol. The van der Waals surface area contributed by atoms with Crippen molar-refractivity contribution in [3.8, 4) is 44.6 Å². The molecule has 2 nitrogen and oxygen atoms in total. The van der Waals surface area contributed by atoms with Gasteiger partial charge in [-0.15, -0.1) is 0 Å². The molecule has 8 aromatic carbocycles. The Morgan fingerprint density at radius 2 is 1.00 bits per heavy atom. The molecule has 54 heavy (non-hydrogen) atoms. The Kier molecular flexibility index (Phi) is 7.42. The van der Waals surface area contributed by atoms with Crippen LogP contribution in [0.4, 0.5) is 17.1 Å². The number of hydrogen-bond acceptors (Lipinski definition) is 1. The molecule has 9 aromatic rings. The van der Waals surface area contributed by atoms with Gasteiger partial charge in [-0.05, 0) is 97.7 Å². The molecule has 0 bridgehead atoms. The summed E-state index contributed by atoms with van der Waals surface area (Å²) in [7, 11) is 2.20. The molecular formula is C52H40N2. The fourth-order valence-electron chi connectivity index (χ4n) is 8.93. The first-order valence-electron chi connectivity index (χ1n) is 18.8. The van der Waals surface area contributed by atoms with Crippen LogP contribution in [0.25, 0.3) is 66.3 Å². The predicted octanol–water partition coefficient (Wildman–Crippen LogP) is 14.1. The molecule has 1 aliphatic rings. The summed E-state index contributed by atoms with van der Waals surface area (Å²) in [4.78, 5) is 2.43. The number of rotatable bonds is 6. The molecule has 0 saturated carbocycles. The van der Waals surface area contributed by atoms with Gasteiger partial charge >= 0.3 is 0 Å². The number of benzene rings is 8. The molecule has 1 aromatic heterocycles. The van der Waals surface area contributed by atoms with E-state index in [1.165, 1.54) is 77.4 Å². The van der Waals surface area contributed by atoms with Gasteiger partial charge in [0.2, 0.25) is 0 Å². The lowest BCUT2D eigenvalue weighted by Crippen LogP contribution is -2.16. The van der Waals surface area contributed by atoms with Crippen LogP contribution in [0.2, 0.25) is 0 Å². The monoisotopic (exact) mass is 692 g/mol. The van der Waals surface area contributed by atoms with Gasteiger partial charge in [0.1, 0.15) is 0 Å². The topological polar surface area (TPSA) is 8.17 Å². The van der Waals surface area contributed by atoms with Crippen molar-refractivity contribution in [3.63, 3.8) is 0 Å². The molecular weight excluding hydrogens is 653 g/mol. The third-order valence-corrected chi connectivity index (χ3v) is 11.6. The zero-order valence-corrected chi connectivity index (χ0v) is 30.8. The summed E-state index contributed by atoms with van der Waals surface area (Å²) in [6.45, 7) is 4.71. The molecule has 0 saturated heterocycles. The van der Waals surface area contributed by atoms with Gasteiger partial charge in [-0.2, -0.15) is 0 Å². The first kappa shape index (κ1) is 32.0. The van der Waals surface area contributed by atoms with Crippen LogP contribution in [-0.4, -0.2) is 4.57 Å². The number of aryl methyl sites for hydroxylation is 1. The molecule has 0 amide bonds. The van der Waals surface area contributed by atoms with Crippen LogP contribution in [0, 0.1) is 0 Å². The molecule has 0 atom stereocenters. The number of hydrogen-bond donors (Lipinski definition) is 0. The lowest BCUT2D eigenvalue weighted by atomic mass is 9.82. The molecule has 0 aliphatic heterocycles. The SMILES string of the molecule is Cn1c(-c2ccccc2)c(-c2ccccc2)c2c3ccc(N(c4ccc(-c5ccccc5)cc4)c4ccc5c(c4)C(C)(C)c4ccccc4-5)cc3ccc21. The highest BCUT2D eigenvalue weighted by molar-refractivity contribution is 6.18. The first-order valence-corrected chi connectivity index (χ1v) is 18.8. The minimum atomic E-state index is -0.0998. The van der Waals surface area contributed by atoms with Gasteiger partial charge in [0.05, 0.1) is 5.69 Å². The van der Waals surface area contributed by atoms with Gasteiger partial charge in [-0.1, -0.05) is 159 Å². The van der Waals surface area contributed by atoms with Gasteiger partial charge in [0.15, 0.2) is 0 Å². The lowest BCUT2D eigenvalue weighted by Gasteiger charge is -2.28. The first-order chi connectivity index (χ1) is 26.5. The van der Waals surface area contributed by atoms with Crippen molar-refractivity contribution in [1.29, 1.82) is 0 Å². The molecule has 2 heteroatoms. The van der Waals surface area contributed by atoms with Crippen LogP contribution >= 0.6 is 0 Å². The minimum Gasteiger partial charge on any atom is -0.343 e. The second kappa shape index (κ2) is 12.5. The molecule has 1 heterocycles. The van der Waals surface area contributed by atoms with Crippen LogP contribution < -0.4 is 4.90 Å². The number of anilines is 3. The van der Waals surface area contributed by atoms with E-state index in [2.05, 4.69) is 218 Å². The Morgan fingerprint density at radius 3 is 1.72 bits per heavy atom. The van der Waals surface area contributed by atoms with Crippen LogP contribution in [0.5, 0.6) is 0 Å². The summed E-state index contributed by atoms with van der Waals surface area (Å²) in [5, 5.41) is 3.74. The number of aromatic nitrogens is 1. The van der Waals surface area contributed by atoms with Gasteiger partial charge in [-0.25, -0.2) is 0 Å². The van der Waals surface area contributed by atoms with Crippen molar-refractivity contribution in [2.45, 2.75) is 19.3 Å². The van der Waals surface area contributed by atoms with Crippen molar-refractivity contribution in [1.82, 2.24) is 4.57 Å². The minimum absolute atomic E-state index is 0.0998. The standard InChI is InChI=1S/C52H40N2/c1-52(2)46-22-14-13-21-44(46)45-31-29-42(34-47(45)52)54(40-26-23-36(24-27-40)35-15-7-4-8-16-35)41-28-30-43-39(33-41)25-32-48-50(43)49(37-17-9-5-10-18-37)51(53(48)3)38-19-11-6-12-20-38/h4-34H,1-3H3. The second-order valence-corrected chi connectivity index (χ2v) is 15.0. The van der Waals surface area contributed by atoms with Gasteiger partial charge < -0.3 is 9.47 Å². The van der Waals surface area contributed by atoms with Crippen molar-refractivity contribution in [2.24, 2.45) is 7.05 Å². The highest BCUT2D eigenvalue weighted by Gasteiger charge is 2.35. The molecule has 10 rings (SSSR count). The second-order valence-electron chi connectivity index (χ2n) is 15.0. The number of fused-ring (bicyclic) bond motifs is 6. The predicted molar refractivity (Wildman–Crippen MR) is 229 cm³/mol. The highest BCUT2D eigenvalue weighted by atomic mass is 15.1. The van der Waals surface area contributed by atoms with E-state index in [0.29, 0.717) is 0 Å². The summed E-state index contributed by atoms with van der Waals surface area (Å²) < 4.78 is 2.37. The van der Waals surface area contributed by atoms with E-state index in [1.54, 1.807) is 0 Å². The lowest BCUT2D eigenvalue weighted by molar-refractivity contribution is 0.660. The van der Waals surface area contributed by atoms with E-state index in [-0.39, 0.29) is 5.41 Å². The zero-order chi connectivity index (χ0) is 36.4. The van der Waals surface area contributed by atoms with E-state index < -0.39 is 0 Å². The van der Waals surface area contributed by atoms with Crippen LogP contribution in [0.3, 0.4) is 0 Å². The summed E-state index contributed by atoms with van der Waals surface area (Å²) in [5.41, 5.74) is 17.3. The van der Waals surface area contributed by atoms with E-state index in [9.17, 15) is 0 Å². The maximum atomic E-state index is 2.43. The van der Waals surface area contributed by atoms with Crippen molar-refractivity contribution in [3.05, 3.63) is 199 Å². The highest BCUT2D eigenvalue weighted by Crippen LogP contribution is 2.51. The average Bonchev–Trinajstić information content (AvgIpc) is 3.66. The van der Waals surface area contributed by atoms with E-state index in [0.717, 1.165) is 17.1 Å². The Hall–Kier alpha value is -6.64. The molecule has 0 radical (unpaired) electrons. The normalized spacial score (nSPS) is 12.9. The Balaban J connectivity index is 1.17. The summed E-state index contributed by atoms with van der Waals surface area (Å²) in [6.07, 6.45) is 0. The Labute approximate surface area is 317 Å². The fourth-order valence-corrected chi connectivity index (χ4v) is 8.93. The molecule has 0 unspecified atom stereocenters. The third kappa shape index (κ3) is 5.02. The van der Waals surface area contributed by atoms with Gasteiger partial charge in [0.25, 0.3) is 0 Å². The maximum Gasteiger partial charge on any atom is 0.0568 e. The van der Waals surface area contributed by atoms with E-state index in [1.807, 2.05) is 0 Å². The maximum absolute atomic E-state index is 2.43. The van der Waals surface area contributed by atoms with E-state index >= 15 is 0 Å². The number of nitrogens with zero attached hydrogens (tertiary/aromatic N) is 2. The quantitative estimate of drug-likeness (QED) is 0.168. The van der Waals surface area contributed by atoms with E-state index in [4.69, 9.17) is 0 Å². The van der Waals surface area contributed by atoms with Gasteiger partial charge in [-0.3, -0.25) is 0 Å². The third-order valence-electron chi connectivity index (χ3n) is 11.6. The molecule has 0 N–H and O–H groups in total. The van der Waals surface area contributed by atoms with Crippen LogP contribution in [0.15, 0.2) is 188 Å². The fraction of sp³-hybridized carbons (Fsp3) is 0.0769. The largest absolute Gasteiger partial charge is 0.343 e. The summed E-state index contributed by atoms with van der Waals surface area (Å²) in [6, 6.07) is 68.8. The summed E-state index contributed by atoms with van der Waals surface area (Å²) in [5.74, 6) is 0. The van der Waals surface area contributed by atoms with Crippen molar-refractivity contribution >= 4 is 38.7 Å². The van der Waals surface area contributed by atoms with Crippen LogP contribution in [0.1, 0.15) is 25.0 Å². The Bertz CT molecular complexity index is 2830. The molecule has 1 aliphatic carbocycles. The Morgan fingerprint density at radius 1 is 0.444 bits per heavy atom. The molecule has 258 valence electrons. The smallest absolute Gasteiger partial charge is 0.0568 e. The van der Waals surface area contributed by atoms with Crippen molar-refractivity contribution < 1.29 is 0 Å². The molecule has 0 spiro atoms. The van der Waals surface area contributed by atoms with Crippen molar-refractivity contribution in [2.75, 3.05) is 4.90 Å². The van der Waals surface area contributed by atoms with Gasteiger partial charge in [0, 0.05) is 46.0 Å². The van der Waals surface area contributed by atoms with Crippen LogP contribution in [-0.2, 0) is 12.5 Å². The summed E-state index contributed by atoms with van der Waals surface area (Å²) >= 11 is 0. The zero-order valence-electron chi connectivity index (χ0n) is 30.8.